The van der Waals surface area contributed by atoms with Crippen molar-refractivity contribution in [3.8, 4) is 5.75 Å². The Balaban J connectivity index is 1.94. The zero-order valence-corrected chi connectivity index (χ0v) is 18.5. The first-order valence-electron chi connectivity index (χ1n) is 9.57. The van der Waals surface area contributed by atoms with Crippen LogP contribution in [-0.4, -0.2) is 12.1 Å². The number of halogens is 2. The van der Waals surface area contributed by atoms with Gasteiger partial charge in [0, 0.05) is 39.5 Å². The second-order valence-corrected chi connectivity index (χ2v) is 8.05. The van der Waals surface area contributed by atoms with Gasteiger partial charge in [0.25, 0.3) is 0 Å². The van der Waals surface area contributed by atoms with Crippen LogP contribution in [0.5, 0.6) is 5.75 Å². The zero-order chi connectivity index (χ0) is 21.8. The minimum absolute atomic E-state index is 0.128. The molecule has 0 spiro atoms. The molecule has 0 amide bonds. The van der Waals surface area contributed by atoms with Crippen molar-refractivity contribution >= 4 is 40.1 Å². The first-order valence-corrected chi connectivity index (χ1v) is 10.3. The number of benzene rings is 2. The van der Waals surface area contributed by atoms with Crippen LogP contribution in [0.15, 0.2) is 45.6 Å². The van der Waals surface area contributed by atoms with Crippen molar-refractivity contribution < 1.29 is 18.7 Å². The van der Waals surface area contributed by atoms with Gasteiger partial charge in [0.05, 0.1) is 6.10 Å². The lowest BCUT2D eigenvalue weighted by atomic mass is 10.0. The molecule has 3 rings (SSSR count). The molecular weight excluding hydrogens is 427 g/mol. The first-order chi connectivity index (χ1) is 14.2. The number of hydrogen-bond acceptors (Lipinski definition) is 5. The molecule has 0 saturated heterocycles. The van der Waals surface area contributed by atoms with E-state index in [1.54, 1.807) is 38.1 Å². The highest BCUT2D eigenvalue weighted by molar-refractivity contribution is 6.35. The molecule has 0 aliphatic heterocycles. The van der Waals surface area contributed by atoms with Gasteiger partial charge in [-0.2, -0.15) is 0 Å². The first kappa shape index (κ1) is 22.2. The third-order valence-corrected chi connectivity index (χ3v) is 5.24. The van der Waals surface area contributed by atoms with E-state index in [9.17, 15) is 9.59 Å². The summed E-state index contributed by atoms with van der Waals surface area (Å²) in [6.07, 6.45) is 0.428. The number of fused-ring (bicyclic) bond motifs is 1. The standard InChI is InChI=1S/C23H22Cl2O5/c1-13(2)29-22(26)8-7-15-10-16-14(3)9-23(27)30-21(16)11-20(15)28-12-17-18(24)5-4-6-19(17)25/h4-6,9-11,13H,7-8,12H2,1-3H3. The molecule has 1 heterocycles. The Kier molecular flexibility index (Phi) is 7.06. The van der Waals surface area contributed by atoms with Gasteiger partial charge in [-0.05, 0) is 56.5 Å². The predicted molar refractivity (Wildman–Crippen MR) is 118 cm³/mol. The summed E-state index contributed by atoms with van der Waals surface area (Å²) >= 11 is 12.5. The fourth-order valence-electron chi connectivity index (χ4n) is 3.10. The topological polar surface area (TPSA) is 65.7 Å². The van der Waals surface area contributed by atoms with Gasteiger partial charge in [0.1, 0.15) is 17.9 Å². The van der Waals surface area contributed by atoms with Crippen LogP contribution >= 0.6 is 23.2 Å². The van der Waals surface area contributed by atoms with Crippen LogP contribution in [0.2, 0.25) is 10.0 Å². The monoisotopic (exact) mass is 448 g/mol. The van der Waals surface area contributed by atoms with Crippen molar-refractivity contribution in [3.05, 3.63) is 73.6 Å². The third-order valence-electron chi connectivity index (χ3n) is 4.53. The number of carbonyl (C=O) groups excluding carboxylic acids is 1. The van der Waals surface area contributed by atoms with E-state index in [1.165, 1.54) is 6.07 Å². The number of carbonyl (C=O) groups is 1. The number of ether oxygens (including phenoxy) is 2. The molecule has 0 N–H and O–H groups in total. The minimum atomic E-state index is -0.437. The van der Waals surface area contributed by atoms with Crippen LogP contribution in [0.1, 0.15) is 37.0 Å². The van der Waals surface area contributed by atoms with E-state index in [2.05, 4.69) is 0 Å². The van der Waals surface area contributed by atoms with Crippen molar-refractivity contribution in [2.45, 2.75) is 46.3 Å². The molecule has 7 heteroatoms. The van der Waals surface area contributed by atoms with Gasteiger partial charge in [0.15, 0.2) is 0 Å². The van der Waals surface area contributed by atoms with Crippen molar-refractivity contribution in [1.82, 2.24) is 0 Å². The SMILES string of the molecule is Cc1cc(=O)oc2cc(OCc3c(Cl)cccc3Cl)c(CCC(=O)OC(C)C)cc12. The van der Waals surface area contributed by atoms with E-state index in [1.807, 2.05) is 13.0 Å². The largest absolute Gasteiger partial charge is 0.488 e. The molecule has 1 aromatic heterocycles. The molecule has 0 saturated carbocycles. The molecule has 2 aromatic carbocycles. The van der Waals surface area contributed by atoms with E-state index >= 15 is 0 Å². The summed E-state index contributed by atoms with van der Waals surface area (Å²) in [6.45, 7) is 5.58. The van der Waals surface area contributed by atoms with E-state index in [4.69, 9.17) is 37.1 Å². The van der Waals surface area contributed by atoms with Crippen molar-refractivity contribution in [2.24, 2.45) is 0 Å². The number of hydrogen-bond donors (Lipinski definition) is 0. The second-order valence-electron chi connectivity index (χ2n) is 7.23. The van der Waals surface area contributed by atoms with Crippen LogP contribution in [0.4, 0.5) is 0 Å². The summed E-state index contributed by atoms with van der Waals surface area (Å²) in [5.74, 6) is 0.200. The number of esters is 1. The normalized spacial score (nSPS) is 11.1. The van der Waals surface area contributed by atoms with Crippen LogP contribution in [0.25, 0.3) is 11.0 Å². The fourth-order valence-corrected chi connectivity index (χ4v) is 3.61. The molecule has 158 valence electrons. The third kappa shape index (κ3) is 5.35. The van der Waals surface area contributed by atoms with E-state index in [-0.39, 0.29) is 25.1 Å². The Bertz CT molecular complexity index is 1110. The molecule has 30 heavy (non-hydrogen) atoms. The van der Waals surface area contributed by atoms with E-state index in [0.717, 1.165) is 16.5 Å². The summed E-state index contributed by atoms with van der Waals surface area (Å²) in [4.78, 5) is 23.8. The number of aryl methyl sites for hydroxylation is 2. The molecule has 5 nitrogen and oxygen atoms in total. The van der Waals surface area contributed by atoms with Crippen LogP contribution in [0, 0.1) is 6.92 Å². The fraction of sp³-hybridized carbons (Fsp3) is 0.304. The van der Waals surface area contributed by atoms with Crippen LogP contribution in [0.3, 0.4) is 0 Å². The quantitative estimate of drug-likeness (QED) is 0.333. The molecule has 0 unspecified atom stereocenters. The van der Waals surface area contributed by atoms with Crippen molar-refractivity contribution in [1.29, 1.82) is 0 Å². The molecule has 0 aliphatic carbocycles. The maximum atomic E-state index is 12.0. The van der Waals surface area contributed by atoms with Gasteiger partial charge in [-0.15, -0.1) is 0 Å². The Morgan fingerprint density at radius 1 is 1.13 bits per heavy atom. The van der Waals surface area contributed by atoms with Crippen LogP contribution in [-0.2, 0) is 22.6 Å². The van der Waals surface area contributed by atoms with Crippen molar-refractivity contribution in [2.75, 3.05) is 0 Å². The molecule has 0 radical (unpaired) electrons. The summed E-state index contributed by atoms with van der Waals surface area (Å²) in [5, 5.41) is 1.77. The summed E-state index contributed by atoms with van der Waals surface area (Å²) in [6, 6.07) is 10.2. The zero-order valence-electron chi connectivity index (χ0n) is 17.0. The average molecular weight is 449 g/mol. The molecule has 0 aliphatic rings. The highest BCUT2D eigenvalue weighted by atomic mass is 35.5. The maximum absolute atomic E-state index is 12.0. The Hall–Kier alpha value is -2.50. The maximum Gasteiger partial charge on any atom is 0.336 e. The molecular formula is C23H22Cl2O5. The smallest absolute Gasteiger partial charge is 0.336 e. The van der Waals surface area contributed by atoms with Gasteiger partial charge >= 0.3 is 11.6 Å². The Morgan fingerprint density at radius 2 is 1.83 bits per heavy atom. The van der Waals surface area contributed by atoms with Gasteiger partial charge in [-0.25, -0.2) is 4.79 Å². The van der Waals surface area contributed by atoms with Gasteiger partial charge in [0.2, 0.25) is 0 Å². The van der Waals surface area contributed by atoms with Gasteiger partial charge in [-0.3, -0.25) is 4.79 Å². The Morgan fingerprint density at radius 3 is 2.50 bits per heavy atom. The number of rotatable bonds is 7. The van der Waals surface area contributed by atoms with Crippen LogP contribution < -0.4 is 10.4 Å². The lowest BCUT2D eigenvalue weighted by Gasteiger charge is -2.15. The van der Waals surface area contributed by atoms with Gasteiger partial charge < -0.3 is 13.9 Å². The average Bonchev–Trinajstić information content (AvgIpc) is 2.65. The molecule has 0 bridgehead atoms. The lowest BCUT2D eigenvalue weighted by Crippen LogP contribution is -2.12. The molecule has 0 atom stereocenters. The predicted octanol–water partition coefficient (Wildman–Crippen LogP) is 5.87. The second kappa shape index (κ2) is 9.54. The van der Waals surface area contributed by atoms with E-state index < -0.39 is 5.63 Å². The summed E-state index contributed by atoms with van der Waals surface area (Å²) < 4.78 is 16.6. The highest BCUT2D eigenvalue weighted by Gasteiger charge is 2.15. The molecule has 3 aromatic rings. The van der Waals surface area contributed by atoms with Crippen molar-refractivity contribution in [3.63, 3.8) is 0 Å². The Labute approximate surface area is 184 Å². The summed E-state index contributed by atoms with van der Waals surface area (Å²) in [5.41, 5.74) is 2.20. The lowest BCUT2D eigenvalue weighted by molar-refractivity contribution is -0.147. The summed E-state index contributed by atoms with van der Waals surface area (Å²) in [7, 11) is 0. The van der Waals surface area contributed by atoms with E-state index in [0.29, 0.717) is 33.4 Å². The highest BCUT2D eigenvalue weighted by Crippen LogP contribution is 2.31. The molecule has 0 fully saturated rings. The van der Waals surface area contributed by atoms with Gasteiger partial charge in [-0.1, -0.05) is 29.3 Å². The minimum Gasteiger partial charge on any atom is -0.488 e.